The second-order valence-electron chi connectivity index (χ2n) is 4.47. The zero-order valence-corrected chi connectivity index (χ0v) is 13.6. The number of ether oxygens (including phenoxy) is 1. The fraction of sp³-hybridized carbons (Fsp3) is 0.0556. The molecule has 0 bridgehead atoms. The molecule has 0 heterocycles. The Hall–Kier alpha value is -2.33. The van der Waals surface area contributed by atoms with E-state index in [2.05, 4.69) is 51.0 Å². The number of para-hydroxylation sites is 1. The number of rotatable bonds is 1. The van der Waals surface area contributed by atoms with Crippen molar-refractivity contribution in [1.82, 2.24) is 0 Å². The normalized spacial score (nSPS) is 9.73. The van der Waals surface area contributed by atoms with Crippen molar-refractivity contribution in [2.45, 2.75) is 0 Å². The number of phenolic OH excluding ortho intramolecular Hbond substituents is 1. The van der Waals surface area contributed by atoms with Gasteiger partial charge in [0.25, 0.3) is 0 Å². The number of methoxy groups -OCH3 is 1. The number of aromatic hydroxyl groups is 1. The van der Waals surface area contributed by atoms with Gasteiger partial charge in [-0.2, -0.15) is 0 Å². The minimum Gasteiger partial charge on any atom is -0.507 e. The summed E-state index contributed by atoms with van der Waals surface area (Å²) in [5, 5.41) is 11.7. The van der Waals surface area contributed by atoms with Gasteiger partial charge in [-0.3, -0.25) is 0 Å². The van der Waals surface area contributed by atoms with Gasteiger partial charge in [-0.05, 0) is 29.0 Å². The van der Waals surface area contributed by atoms with Crippen molar-refractivity contribution < 1.29 is 14.6 Å². The average molecular weight is 359 g/mol. The maximum atomic E-state index is 10.9. The zero-order chi connectivity index (χ0) is 15.9. The Morgan fingerprint density at radius 2 is 1.59 bits per heavy atom. The second-order valence-corrected chi connectivity index (χ2v) is 5.32. The molecule has 0 spiro atoms. The van der Waals surface area contributed by atoms with Gasteiger partial charge in [0.05, 0.1) is 7.11 Å². The minimum absolute atomic E-state index is 0.0562. The van der Waals surface area contributed by atoms with Crippen LogP contribution < -0.4 is 0 Å². The van der Waals surface area contributed by atoms with E-state index in [4.69, 9.17) is 5.11 Å². The smallest absolute Gasteiger partial charge is 0.341 e. The second kappa shape index (κ2) is 7.61. The van der Waals surface area contributed by atoms with Crippen LogP contribution in [-0.2, 0) is 4.74 Å². The number of hydrogen-bond donors (Lipinski definition) is 1. The van der Waals surface area contributed by atoms with Crippen molar-refractivity contribution in [3.63, 3.8) is 0 Å². The summed E-state index contributed by atoms with van der Waals surface area (Å²) >= 11 is 3.50. The van der Waals surface area contributed by atoms with E-state index in [0.717, 1.165) is 4.47 Å². The van der Waals surface area contributed by atoms with Crippen molar-refractivity contribution >= 4 is 32.7 Å². The molecule has 0 saturated heterocycles. The molecule has 1 N–H and O–H groups in total. The molecule has 0 radical (unpaired) electrons. The summed E-state index contributed by atoms with van der Waals surface area (Å²) < 4.78 is 5.58. The molecular formula is C18H15BrO3. The lowest BCUT2D eigenvalue weighted by Gasteiger charge is -1.99. The van der Waals surface area contributed by atoms with Crippen LogP contribution in [0.4, 0.5) is 0 Å². The number of fused-ring (bicyclic) bond motifs is 1. The molecule has 3 nitrogen and oxygen atoms in total. The van der Waals surface area contributed by atoms with E-state index in [1.54, 1.807) is 12.1 Å². The van der Waals surface area contributed by atoms with Crippen LogP contribution >= 0.6 is 15.9 Å². The molecule has 112 valence electrons. The Morgan fingerprint density at radius 1 is 0.955 bits per heavy atom. The number of halogens is 1. The molecule has 22 heavy (non-hydrogen) atoms. The van der Waals surface area contributed by atoms with E-state index in [1.165, 1.54) is 30.0 Å². The molecule has 0 atom stereocenters. The van der Waals surface area contributed by atoms with Crippen molar-refractivity contribution in [3.8, 4) is 5.75 Å². The summed E-state index contributed by atoms with van der Waals surface area (Å²) in [6, 6.07) is 20.8. The summed E-state index contributed by atoms with van der Waals surface area (Å²) in [7, 11) is 1.27. The Kier molecular flexibility index (Phi) is 5.55. The van der Waals surface area contributed by atoms with Crippen molar-refractivity contribution in [2.24, 2.45) is 0 Å². The lowest BCUT2D eigenvalue weighted by molar-refractivity contribution is 0.0597. The van der Waals surface area contributed by atoms with E-state index in [-0.39, 0.29) is 11.3 Å². The first-order valence-electron chi connectivity index (χ1n) is 6.63. The molecular weight excluding hydrogens is 344 g/mol. The van der Waals surface area contributed by atoms with Crippen LogP contribution in [0.25, 0.3) is 10.8 Å². The standard InChI is InChI=1S/C10H7Br.C8H8O3/c11-10-7-3-5-8-4-1-2-6-9(8)10;1-11-8(10)6-4-2-3-5-7(6)9/h1-7H;2-5,9H,1H3. The molecule has 4 heteroatoms. The van der Waals surface area contributed by atoms with E-state index >= 15 is 0 Å². The highest BCUT2D eigenvalue weighted by Crippen LogP contribution is 2.22. The third-order valence-electron chi connectivity index (χ3n) is 3.05. The topological polar surface area (TPSA) is 46.5 Å². The predicted octanol–water partition coefficient (Wildman–Crippen LogP) is 4.78. The summed E-state index contributed by atoms with van der Waals surface area (Å²) in [6.07, 6.45) is 0. The largest absolute Gasteiger partial charge is 0.507 e. The van der Waals surface area contributed by atoms with Crippen LogP contribution in [0.1, 0.15) is 10.4 Å². The van der Waals surface area contributed by atoms with Crippen LogP contribution in [0.5, 0.6) is 5.75 Å². The third-order valence-corrected chi connectivity index (χ3v) is 3.74. The molecule has 0 aliphatic carbocycles. The van der Waals surface area contributed by atoms with Gasteiger partial charge in [-0.25, -0.2) is 4.79 Å². The first kappa shape index (κ1) is 16.0. The summed E-state index contributed by atoms with van der Waals surface area (Å²) in [5.41, 5.74) is 0.190. The van der Waals surface area contributed by atoms with Gasteiger partial charge in [-0.1, -0.05) is 64.5 Å². The predicted molar refractivity (Wildman–Crippen MR) is 91.1 cm³/mol. The highest BCUT2D eigenvalue weighted by molar-refractivity contribution is 9.10. The minimum atomic E-state index is -0.525. The fourth-order valence-electron chi connectivity index (χ4n) is 1.94. The Morgan fingerprint density at radius 3 is 2.27 bits per heavy atom. The van der Waals surface area contributed by atoms with Crippen molar-refractivity contribution in [2.75, 3.05) is 7.11 Å². The molecule has 3 aromatic carbocycles. The number of benzene rings is 3. The van der Waals surface area contributed by atoms with E-state index in [1.807, 2.05) is 12.1 Å². The first-order chi connectivity index (χ1) is 10.6. The number of carbonyl (C=O) groups excluding carboxylic acids is 1. The molecule has 3 rings (SSSR count). The fourth-order valence-corrected chi connectivity index (χ4v) is 2.46. The van der Waals surface area contributed by atoms with Gasteiger partial charge in [0, 0.05) is 4.47 Å². The molecule has 0 aliphatic heterocycles. The van der Waals surface area contributed by atoms with Crippen LogP contribution in [0.2, 0.25) is 0 Å². The van der Waals surface area contributed by atoms with Crippen molar-refractivity contribution in [3.05, 3.63) is 76.8 Å². The molecule has 0 aliphatic rings. The number of phenols is 1. The monoisotopic (exact) mass is 358 g/mol. The van der Waals surface area contributed by atoms with Crippen LogP contribution in [0.15, 0.2) is 71.2 Å². The van der Waals surface area contributed by atoms with Crippen molar-refractivity contribution in [1.29, 1.82) is 0 Å². The summed E-state index contributed by atoms with van der Waals surface area (Å²) in [4.78, 5) is 10.9. The van der Waals surface area contributed by atoms with Gasteiger partial charge >= 0.3 is 5.97 Å². The highest BCUT2D eigenvalue weighted by Gasteiger charge is 2.08. The SMILES string of the molecule is Brc1cccc2ccccc12.COC(=O)c1ccccc1O. The van der Waals surface area contributed by atoms with Gasteiger partial charge in [0.1, 0.15) is 11.3 Å². The van der Waals surface area contributed by atoms with E-state index in [9.17, 15) is 4.79 Å². The lowest BCUT2D eigenvalue weighted by Crippen LogP contribution is -2.00. The summed E-state index contributed by atoms with van der Waals surface area (Å²) in [6.45, 7) is 0. The molecule has 0 saturated carbocycles. The number of esters is 1. The number of hydrogen-bond acceptors (Lipinski definition) is 3. The quantitative estimate of drug-likeness (QED) is 0.636. The van der Waals surface area contributed by atoms with Crippen LogP contribution in [-0.4, -0.2) is 18.2 Å². The van der Waals surface area contributed by atoms with Gasteiger partial charge < -0.3 is 9.84 Å². The Bertz CT molecular complexity index is 779. The first-order valence-corrected chi connectivity index (χ1v) is 7.42. The molecule has 0 fully saturated rings. The van der Waals surface area contributed by atoms with E-state index in [0.29, 0.717) is 0 Å². The Balaban J connectivity index is 0.000000160. The molecule has 0 unspecified atom stereocenters. The van der Waals surface area contributed by atoms with E-state index < -0.39 is 5.97 Å². The third kappa shape index (κ3) is 3.86. The van der Waals surface area contributed by atoms with Crippen LogP contribution in [0, 0.1) is 0 Å². The molecule has 0 amide bonds. The van der Waals surface area contributed by atoms with Gasteiger partial charge in [0.15, 0.2) is 0 Å². The molecule has 0 aromatic heterocycles. The maximum Gasteiger partial charge on any atom is 0.341 e. The van der Waals surface area contributed by atoms with Crippen LogP contribution in [0.3, 0.4) is 0 Å². The highest BCUT2D eigenvalue weighted by atomic mass is 79.9. The average Bonchev–Trinajstić information content (AvgIpc) is 2.56. The zero-order valence-electron chi connectivity index (χ0n) is 12.0. The lowest BCUT2D eigenvalue weighted by atomic mass is 10.1. The van der Waals surface area contributed by atoms with Gasteiger partial charge in [-0.15, -0.1) is 0 Å². The maximum absolute atomic E-state index is 10.9. The molecule has 3 aromatic rings. The summed E-state index contributed by atoms with van der Waals surface area (Å²) in [5.74, 6) is -0.581. The Labute approximate surface area is 137 Å². The van der Waals surface area contributed by atoms with Gasteiger partial charge in [0.2, 0.25) is 0 Å². The number of carbonyl (C=O) groups is 1.